The smallest absolute Gasteiger partial charge is 0.343 e. The van der Waals surface area contributed by atoms with Crippen molar-refractivity contribution in [2.24, 2.45) is 14.1 Å². The van der Waals surface area contributed by atoms with Gasteiger partial charge in [-0.3, -0.25) is 9.36 Å². The fourth-order valence-electron chi connectivity index (χ4n) is 2.09. The molecular formula is C12H12Cl2N4O4. The van der Waals surface area contributed by atoms with Gasteiger partial charge < -0.3 is 9.47 Å². The third-order valence-electron chi connectivity index (χ3n) is 3.01. The van der Waals surface area contributed by atoms with Gasteiger partial charge >= 0.3 is 11.9 Å². The summed E-state index contributed by atoms with van der Waals surface area (Å²) in [6, 6.07) is 0. The first-order valence-electron chi connectivity index (χ1n) is 5.95. The maximum absolute atomic E-state index is 12.0. The number of hydrogen-bond acceptors (Lipinski definition) is 6. The highest BCUT2D eigenvalue weighted by atomic mass is 35.5. The van der Waals surface area contributed by atoms with Crippen LogP contribution in [-0.2, 0) is 23.6 Å². The number of methoxy groups -OCH3 is 2. The zero-order valence-electron chi connectivity index (χ0n) is 12.2. The predicted molar refractivity (Wildman–Crippen MR) is 78.1 cm³/mol. The number of carbonyl (C=O) groups excluding carboxylic acids is 2. The molecule has 0 aliphatic carbocycles. The molecule has 0 aliphatic rings. The second-order valence-corrected chi connectivity index (χ2v) is 4.98. The zero-order valence-corrected chi connectivity index (χ0v) is 13.7. The van der Waals surface area contributed by atoms with Gasteiger partial charge in [0, 0.05) is 14.1 Å². The Kier molecular flexibility index (Phi) is 4.43. The molecule has 8 nitrogen and oxygen atoms in total. The van der Waals surface area contributed by atoms with Crippen molar-refractivity contribution in [3.63, 3.8) is 0 Å². The minimum atomic E-state index is -0.693. The van der Waals surface area contributed by atoms with Crippen molar-refractivity contribution in [2.75, 3.05) is 14.2 Å². The molecule has 0 aliphatic heterocycles. The topological polar surface area (TPSA) is 88.2 Å². The molecule has 0 aromatic carbocycles. The highest BCUT2D eigenvalue weighted by Gasteiger charge is 2.31. The van der Waals surface area contributed by atoms with Gasteiger partial charge in [0.05, 0.1) is 14.2 Å². The molecular weight excluding hydrogens is 335 g/mol. The first-order valence-corrected chi connectivity index (χ1v) is 6.71. The summed E-state index contributed by atoms with van der Waals surface area (Å²) in [6.07, 6.45) is 0. The standard InChI is InChI=1S/C12H12Cl2N4O4/c1-17-7(5(9(13)15-17)11(19)21-3)8-6(12(20)22-4)10(14)16-18(8)2/h1-4H3. The van der Waals surface area contributed by atoms with Crippen LogP contribution in [0.25, 0.3) is 11.4 Å². The largest absolute Gasteiger partial charge is 0.465 e. The van der Waals surface area contributed by atoms with Crippen LogP contribution >= 0.6 is 23.2 Å². The van der Waals surface area contributed by atoms with Crippen LogP contribution in [0.4, 0.5) is 0 Å². The molecule has 22 heavy (non-hydrogen) atoms. The van der Waals surface area contributed by atoms with Crippen molar-refractivity contribution in [1.82, 2.24) is 19.6 Å². The van der Waals surface area contributed by atoms with E-state index in [2.05, 4.69) is 10.2 Å². The van der Waals surface area contributed by atoms with Gasteiger partial charge in [-0.05, 0) is 0 Å². The van der Waals surface area contributed by atoms with Gasteiger partial charge in [-0.25, -0.2) is 9.59 Å². The molecule has 0 N–H and O–H groups in total. The summed E-state index contributed by atoms with van der Waals surface area (Å²) in [7, 11) is 5.56. The maximum Gasteiger partial charge on any atom is 0.343 e. The predicted octanol–water partition coefficient (Wildman–Crippen LogP) is 1.70. The molecule has 2 aromatic rings. The SMILES string of the molecule is COC(=O)c1c(Cl)nn(C)c1-c1c(C(=O)OC)c(Cl)nn1C. The van der Waals surface area contributed by atoms with Crippen LogP contribution in [0.15, 0.2) is 0 Å². The van der Waals surface area contributed by atoms with Gasteiger partial charge in [-0.1, -0.05) is 23.2 Å². The summed E-state index contributed by atoms with van der Waals surface area (Å²) < 4.78 is 12.1. The second-order valence-electron chi connectivity index (χ2n) is 4.26. The third kappa shape index (κ3) is 2.44. The van der Waals surface area contributed by atoms with Crippen LogP contribution in [0.3, 0.4) is 0 Å². The molecule has 0 unspecified atom stereocenters. The van der Waals surface area contributed by atoms with Crippen molar-refractivity contribution < 1.29 is 19.1 Å². The Morgan fingerprint density at radius 1 is 0.864 bits per heavy atom. The van der Waals surface area contributed by atoms with Gasteiger partial charge in [0.1, 0.15) is 22.5 Å². The third-order valence-corrected chi connectivity index (χ3v) is 3.54. The highest BCUT2D eigenvalue weighted by molar-refractivity contribution is 6.34. The molecule has 2 aromatic heterocycles. The average molecular weight is 347 g/mol. The molecule has 0 amide bonds. The first-order chi connectivity index (χ1) is 10.3. The van der Waals surface area contributed by atoms with Crippen LogP contribution in [0.5, 0.6) is 0 Å². The first kappa shape index (κ1) is 16.3. The maximum atomic E-state index is 12.0. The van der Waals surface area contributed by atoms with E-state index < -0.39 is 11.9 Å². The van der Waals surface area contributed by atoms with E-state index in [-0.39, 0.29) is 32.8 Å². The molecule has 0 saturated carbocycles. The Morgan fingerprint density at radius 2 is 1.18 bits per heavy atom. The van der Waals surface area contributed by atoms with Crippen molar-refractivity contribution >= 4 is 35.1 Å². The Morgan fingerprint density at radius 3 is 1.45 bits per heavy atom. The van der Waals surface area contributed by atoms with Gasteiger partial charge in [-0.15, -0.1) is 0 Å². The molecule has 2 rings (SSSR count). The fourth-order valence-corrected chi connectivity index (χ4v) is 2.65. The minimum absolute atomic E-state index is 0.0106. The van der Waals surface area contributed by atoms with E-state index >= 15 is 0 Å². The number of aryl methyl sites for hydroxylation is 2. The van der Waals surface area contributed by atoms with Crippen LogP contribution in [-0.4, -0.2) is 45.7 Å². The van der Waals surface area contributed by atoms with Crippen LogP contribution in [0.1, 0.15) is 20.7 Å². The normalized spacial score (nSPS) is 10.6. The Labute approximate surface area is 135 Å². The number of hydrogen-bond donors (Lipinski definition) is 0. The van der Waals surface area contributed by atoms with E-state index in [1.165, 1.54) is 23.6 Å². The van der Waals surface area contributed by atoms with Gasteiger partial charge in [0.2, 0.25) is 0 Å². The zero-order chi connectivity index (χ0) is 16.6. The monoisotopic (exact) mass is 346 g/mol. The van der Waals surface area contributed by atoms with Crippen LogP contribution in [0, 0.1) is 0 Å². The Bertz CT molecular complexity index is 702. The molecule has 2 heterocycles. The van der Waals surface area contributed by atoms with Crippen LogP contribution in [0.2, 0.25) is 10.3 Å². The lowest BCUT2D eigenvalue weighted by Gasteiger charge is -2.08. The quantitative estimate of drug-likeness (QED) is 0.786. The van der Waals surface area contributed by atoms with Crippen molar-refractivity contribution in [3.8, 4) is 11.4 Å². The molecule has 0 bridgehead atoms. The number of ether oxygens (including phenoxy) is 2. The van der Waals surface area contributed by atoms with E-state index in [1.54, 1.807) is 14.1 Å². The van der Waals surface area contributed by atoms with Crippen LogP contribution < -0.4 is 0 Å². The molecule has 0 atom stereocenters. The van der Waals surface area contributed by atoms with Gasteiger partial charge in [0.15, 0.2) is 10.3 Å². The molecule has 10 heteroatoms. The van der Waals surface area contributed by atoms with Gasteiger partial charge in [-0.2, -0.15) is 10.2 Å². The molecule has 0 saturated heterocycles. The molecule has 0 spiro atoms. The lowest BCUT2D eigenvalue weighted by molar-refractivity contribution is 0.0590. The average Bonchev–Trinajstić information content (AvgIpc) is 2.92. The van der Waals surface area contributed by atoms with E-state index in [0.29, 0.717) is 0 Å². The summed E-state index contributed by atoms with van der Waals surface area (Å²) in [6.45, 7) is 0. The number of nitrogens with zero attached hydrogens (tertiary/aromatic N) is 4. The van der Waals surface area contributed by atoms with Crippen molar-refractivity contribution in [2.45, 2.75) is 0 Å². The fraction of sp³-hybridized carbons (Fsp3) is 0.333. The second kappa shape index (κ2) is 5.98. The lowest BCUT2D eigenvalue weighted by atomic mass is 10.1. The van der Waals surface area contributed by atoms with Crippen molar-refractivity contribution in [3.05, 3.63) is 21.4 Å². The summed E-state index contributed by atoms with van der Waals surface area (Å²) >= 11 is 12.0. The van der Waals surface area contributed by atoms with Gasteiger partial charge in [0.25, 0.3) is 0 Å². The van der Waals surface area contributed by atoms with E-state index in [0.717, 1.165) is 0 Å². The number of rotatable bonds is 3. The van der Waals surface area contributed by atoms with E-state index in [1.807, 2.05) is 0 Å². The molecule has 0 fully saturated rings. The summed E-state index contributed by atoms with van der Waals surface area (Å²) in [5.74, 6) is -1.39. The minimum Gasteiger partial charge on any atom is -0.465 e. The molecule has 118 valence electrons. The number of carbonyl (C=O) groups is 2. The summed E-state index contributed by atoms with van der Waals surface area (Å²) in [5.41, 5.74) is 0.520. The summed E-state index contributed by atoms with van der Waals surface area (Å²) in [5, 5.41) is 7.84. The Hall–Kier alpha value is -2.06. The number of halogens is 2. The number of esters is 2. The summed E-state index contributed by atoms with van der Waals surface area (Å²) in [4.78, 5) is 23.9. The van der Waals surface area contributed by atoms with E-state index in [4.69, 9.17) is 32.7 Å². The number of aromatic nitrogens is 4. The lowest BCUT2D eigenvalue weighted by Crippen LogP contribution is -2.10. The molecule has 0 radical (unpaired) electrons. The van der Waals surface area contributed by atoms with Crippen molar-refractivity contribution in [1.29, 1.82) is 0 Å². The van der Waals surface area contributed by atoms with E-state index in [9.17, 15) is 9.59 Å². The Balaban J connectivity index is 2.84. The highest BCUT2D eigenvalue weighted by Crippen LogP contribution is 2.34.